The maximum Gasteiger partial charge on any atom is 0.506 e. The molecule has 0 spiro atoms. The molecule has 0 aliphatic carbocycles. The number of ether oxygens (including phenoxy) is 1. The first kappa shape index (κ1) is 22.8. The molecule has 3 atom stereocenters. The number of hydrogen-bond acceptors (Lipinski definition) is 4. The highest BCUT2D eigenvalue weighted by Crippen LogP contribution is 2.36. The number of cyclic esters (lactones) is 1. The van der Waals surface area contributed by atoms with Crippen LogP contribution in [0.1, 0.15) is 22.6 Å². The highest BCUT2D eigenvalue weighted by Gasteiger charge is 2.46. The first-order chi connectivity index (χ1) is 16.0. The largest absolute Gasteiger partial charge is 0.506 e. The Morgan fingerprint density at radius 2 is 1.45 bits per heavy atom. The van der Waals surface area contributed by atoms with E-state index in [4.69, 9.17) is 4.74 Å². The lowest BCUT2D eigenvalue weighted by atomic mass is 9.84. The lowest BCUT2D eigenvalue weighted by molar-refractivity contribution is -0.133. The van der Waals surface area contributed by atoms with Gasteiger partial charge in [-0.15, -0.1) is 0 Å². The Kier molecular flexibility index (Phi) is 7.28. The third-order valence-corrected chi connectivity index (χ3v) is 6.65. The van der Waals surface area contributed by atoms with Gasteiger partial charge in [0.1, 0.15) is 6.61 Å². The normalized spacial score (nSPS) is 17.0. The van der Waals surface area contributed by atoms with E-state index in [1.807, 2.05) is 91.0 Å². The maximum absolute atomic E-state index is 13.7. The Morgan fingerprint density at radius 1 is 0.939 bits per heavy atom. The summed E-state index contributed by atoms with van der Waals surface area (Å²) >= 11 is 0. The molecule has 2 amide bonds. The molecule has 7 heteroatoms. The van der Waals surface area contributed by atoms with Crippen molar-refractivity contribution in [3.8, 4) is 0 Å². The summed E-state index contributed by atoms with van der Waals surface area (Å²) in [5.74, 6) is -1.59. The van der Waals surface area contributed by atoms with E-state index in [2.05, 4.69) is 0 Å². The molecule has 1 heterocycles. The Bertz CT molecular complexity index is 1070. The van der Waals surface area contributed by atoms with Crippen LogP contribution in [0.15, 0.2) is 91.0 Å². The van der Waals surface area contributed by atoms with Crippen LogP contribution in [0.5, 0.6) is 0 Å². The smallest absolute Gasteiger partial charge is 0.447 e. The van der Waals surface area contributed by atoms with Gasteiger partial charge in [0.25, 0.3) is 0 Å². The summed E-state index contributed by atoms with van der Waals surface area (Å²) in [7, 11) is -2.56. The summed E-state index contributed by atoms with van der Waals surface area (Å²) in [6, 6.07) is 28.1. The van der Waals surface area contributed by atoms with Gasteiger partial charge in [0, 0.05) is 5.92 Å². The molecule has 1 fully saturated rings. The van der Waals surface area contributed by atoms with Crippen molar-refractivity contribution in [2.75, 3.05) is 12.8 Å². The van der Waals surface area contributed by atoms with Crippen LogP contribution in [0.4, 0.5) is 4.79 Å². The number of carbonyl (C=O) groups excluding carboxylic acids is 2. The number of amides is 2. The molecular weight excluding hydrogens is 437 g/mol. The number of imide groups is 1. The molecule has 0 saturated carbocycles. The van der Waals surface area contributed by atoms with Crippen molar-refractivity contribution in [2.24, 2.45) is 5.92 Å². The van der Waals surface area contributed by atoms with Crippen LogP contribution in [0.3, 0.4) is 0 Å². The molecule has 3 aromatic rings. The van der Waals surface area contributed by atoms with Crippen molar-refractivity contribution in [1.82, 2.24) is 4.90 Å². The maximum atomic E-state index is 13.7. The second-order valence-electron chi connectivity index (χ2n) is 8.07. The van der Waals surface area contributed by atoms with Gasteiger partial charge in [0.05, 0.1) is 12.0 Å². The summed E-state index contributed by atoms with van der Waals surface area (Å²) in [5, 5.41) is 0. The molecule has 0 radical (unpaired) electrons. The molecule has 1 unspecified atom stereocenters. The summed E-state index contributed by atoms with van der Waals surface area (Å²) in [6.07, 6.45) is -0.673. The molecule has 1 saturated heterocycles. The molecule has 0 aromatic heterocycles. The Balaban J connectivity index is 1.70. The highest BCUT2D eigenvalue weighted by atomic mass is 31.1. The summed E-state index contributed by atoms with van der Waals surface area (Å²) in [4.78, 5) is 37.2. The van der Waals surface area contributed by atoms with E-state index < -0.39 is 32.0 Å². The zero-order chi connectivity index (χ0) is 23.2. The molecule has 1 aliphatic heterocycles. The van der Waals surface area contributed by atoms with Crippen LogP contribution in [0, 0.1) is 5.92 Å². The van der Waals surface area contributed by atoms with Crippen LogP contribution in [-0.4, -0.2) is 40.6 Å². The Labute approximate surface area is 193 Å². The number of carbonyl (C=O) groups is 2. The van der Waals surface area contributed by atoms with E-state index in [0.29, 0.717) is 0 Å². The van der Waals surface area contributed by atoms with Crippen LogP contribution < -0.4 is 0 Å². The fourth-order valence-electron chi connectivity index (χ4n) is 4.41. The first-order valence-corrected chi connectivity index (χ1v) is 12.2. The molecule has 3 aromatic carbocycles. The van der Waals surface area contributed by atoms with Crippen molar-refractivity contribution in [3.05, 3.63) is 108 Å². The van der Waals surface area contributed by atoms with Gasteiger partial charge < -0.3 is 4.74 Å². The monoisotopic (exact) mass is 462 g/mol. The highest BCUT2D eigenvalue weighted by molar-refractivity contribution is 7.38. The van der Waals surface area contributed by atoms with Crippen LogP contribution >= 0.6 is 8.03 Å². The number of hydrogen-bond donors (Lipinski definition) is 1. The SMILES string of the molecule is O=C1OC[C@H](C(c2ccccc2)c2ccccc2)N1C(=O)[C@@H](Cc1ccccc1)C[P+](=O)O. The van der Waals surface area contributed by atoms with Crippen LogP contribution in [0.25, 0.3) is 0 Å². The second-order valence-corrected chi connectivity index (χ2v) is 9.14. The second kappa shape index (κ2) is 10.5. The standard InChI is InChI=1S/C26H24NO5P/c28-25(22(18-33(30)31)16-19-10-4-1-5-11-19)27-23(17-32-26(27)29)24(20-12-6-2-7-13-20)21-14-8-3-9-15-21/h1-15,22-24H,16-18H2/p+1/t22-,23+/m0/s1. The van der Waals surface area contributed by atoms with E-state index in [1.54, 1.807) is 0 Å². The van der Waals surface area contributed by atoms with Gasteiger partial charge in [-0.1, -0.05) is 91.0 Å². The number of rotatable bonds is 8. The minimum Gasteiger partial charge on any atom is -0.447 e. The summed E-state index contributed by atoms with van der Waals surface area (Å²) in [5.41, 5.74) is 2.77. The molecular formula is C26H25NO5P+. The van der Waals surface area contributed by atoms with E-state index >= 15 is 0 Å². The van der Waals surface area contributed by atoms with Crippen molar-refractivity contribution >= 4 is 20.0 Å². The third-order valence-electron chi connectivity index (χ3n) is 5.90. The van der Waals surface area contributed by atoms with Gasteiger partial charge >= 0.3 is 14.1 Å². The van der Waals surface area contributed by atoms with Crippen LogP contribution in [0.2, 0.25) is 0 Å². The number of benzene rings is 3. The molecule has 1 aliphatic rings. The first-order valence-electron chi connectivity index (χ1n) is 10.8. The van der Waals surface area contributed by atoms with Crippen molar-refractivity contribution in [1.29, 1.82) is 0 Å². The van der Waals surface area contributed by atoms with Crippen molar-refractivity contribution < 1.29 is 23.8 Å². The van der Waals surface area contributed by atoms with Crippen LogP contribution in [-0.2, 0) is 20.5 Å². The molecule has 6 nitrogen and oxygen atoms in total. The lowest BCUT2D eigenvalue weighted by Crippen LogP contribution is -2.46. The topological polar surface area (TPSA) is 83.9 Å². The third kappa shape index (κ3) is 5.36. The fourth-order valence-corrected chi connectivity index (χ4v) is 5.07. The van der Waals surface area contributed by atoms with Gasteiger partial charge in [-0.05, 0) is 27.7 Å². The zero-order valence-corrected chi connectivity index (χ0v) is 18.9. The van der Waals surface area contributed by atoms with Gasteiger partial charge in [-0.3, -0.25) is 4.79 Å². The Morgan fingerprint density at radius 3 is 1.97 bits per heavy atom. The average molecular weight is 462 g/mol. The number of nitrogens with zero attached hydrogens (tertiary/aromatic N) is 1. The van der Waals surface area contributed by atoms with E-state index in [0.717, 1.165) is 21.6 Å². The van der Waals surface area contributed by atoms with Crippen molar-refractivity contribution in [3.63, 3.8) is 0 Å². The Hall–Kier alpha value is -3.34. The zero-order valence-electron chi connectivity index (χ0n) is 18.0. The van der Waals surface area contributed by atoms with Gasteiger partial charge in [-0.2, -0.15) is 4.89 Å². The van der Waals surface area contributed by atoms with Gasteiger partial charge in [-0.25, -0.2) is 9.69 Å². The fraction of sp³-hybridized carbons (Fsp3) is 0.231. The quantitative estimate of drug-likeness (QED) is 0.488. The minimum atomic E-state index is -2.56. The average Bonchev–Trinajstić information content (AvgIpc) is 3.21. The summed E-state index contributed by atoms with van der Waals surface area (Å²) < 4.78 is 17.1. The van der Waals surface area contributed by atoms with E-state index in [9.17, 15) is 19.0 Å². The predicted octanol–water partition coefficient (Wildman–Crippen LogP) is 4.76. The molecule has 0 bridgehead atoms. The predicted molar refractivity (Wildman–Crippen MR) is 125 cm³/mol. The van der Waals surface area contributed by atoms with Gasteiger partial charge in [0.2, 0.25) is 5.91 Å². The van der Waals surface area contributed by atoms with E-state index in [1.165, 1.54) is 0 Å². The molecule has 1 N–H and O–H groups in total. The summed E-state index contributed by atoms with van der Waals surface area (Å²) in [6.45, 7) is 0.0579. The minimum absolute atomic E-state index is 0.0579. The lowest BCUT2D eigenvalue weighted by Gasteiger charge is -2.30. The van der Waals surface area contributed by atoms with E-state index in [-0.39, 0.29) is 25.1 Å². The molecule has 168 valence electrons. The van der Waals surface area contributed by atoms with Crippen molar-refractivity contribution in [2.45, 2.75) is 18.4 Å². The molecule has 4 rings (SSSR count). The van der Waals surface area contributed by atoms with Gasteiger partial charge in [0.15, 0.2) is 6.16 Å². The molecule has 33 heavy (non-hydrogen) atoms.